The molecule has 0 nitrogen and oxygen atoms in total. The molecule has 2 aromatic carbocycles. The van der Waals surface area contributed by atoms with Gasteiger partial charge in [0.15, 0.2) is 0 Å². The quantitative estimate of drug-likeness (QED) is 0.299. The van der Waals surface area contributed by atoms with Gasteiger partial charge >= 0.3 is 189 Å². The molecule has 0 heterocycles. The molecule has 0 fully saturated rings. The van der Waals surface area contributed by atoms with Crippen LogP contribution in [0.5, 0.6) is 0 Å². The molecule has 0 N–H and O–H groups in total. The van der Waals surface area contributed by atoms with Crippen LogP contribution in [0.25, 0.3) is 12.2 Å². The summed E-state index contributed by atoms with van der Waals surface area (Å²) >= 11 is 3.06. The zero-order valence-electron chi connectivity index (χ0n) is 15.3. The van der Waals surface area contributed by atoms with Crippen molar-refractivity contribution in [1.29, 1.82) is 0 Å². The summed E-state index contributed by atoms with van der Waals surface area (Å²) in [5.41, 5.74) is 7.69. The molecule has 2 aliphatic rings. The summed E-state index contributed by atoms with van der Waals surface area (Å²) in [7, 11) is 15.6. The van der Waals surface area contributed by atoms with Crippen molar-refractivity contribution in [3.8, 4) is 0 Å². The molecule has 27 heavy (non-hydrogen) atoms. The molecule has 2 aliphatic carbocycles. The van der Waals surface area contributed by atoms with Crippen molar-refractivity contribution in [1.82, 2.24) is 0 Å². The SMILES string of the molecule is C[PH][Zr]([Cl])([Cl])([CH]1C(C)=Cc2c(Br)cccc21)[CH]1C(C)=Cc2c(Br)cccc21. The maximum absolute atomic E-state index is 7.82. The van der Waals surface area contributed by atoms with Crippen molar-refractivity contribution in [2.75, 3.05) is 6.66 Å². The van der Waals surface area contributed by atoms with Gasteiger partial charge < -0.3 is 0 Å². The minimum absolute atomic E-state index is 0.142. The molecule has 0 aliphatic heterocycles. The van der Waals surface area contributed by atoms with Gasteiger partial charge in [-0.25, -0.2) is 0 Å². The number of allylic oxidation sites excluding steroid dienone is 2. The van der Waals surface area contributed by atoms with Gasteiger partial charge in [-0.2, -0.15) is 0 Å². The van der Waals surface area contributed by atoms with Crippen LogP contribution in [0.3, 0.4) is 0 Å². The van der Waals surface area contributed by atoms with Crippen molar-refractivity contribution in [3.63, 3.8) is 0 Å². The minimum atomic E-state index is -4.37. The number of benzene rings is 2. The van der Waals surface area contributed by atoms with Crippen LogP contribution in [0, 0.1) is 0 Å². The number of hydrogen-bond acceptors (Lipinski definition) is 0. The van der Waals surface area contributed by atoms with Gasteiger partial charge in [-0.1, -0.05) is 0 Å². The Morgan fingerprint density at radius 3 is 1.59 bits per heavy atom. The first-order valence-corrected chi connectivity index (χ1v) is 24.8. The molecule has 2 aromatic rings. The van der Waals surface area contributed by atoms with Gasteiger partial charge in [0.1, 0.15) is 0 Å². The van der Waals surface area contributed by atoms with E-state index in [0.717, 1.165) is 8.95 Å². The topological polar surface area (TPSA) is 0 Å². The molecule has 0 saturated carbocycles. The Morgan fingerprint density at radius 2 is 1.22 bits per heavy atom. The summed E-state index contributed by atoms with van der Waals surface area (Å²) in [5, 5.41) is 0. The van der Waals surface area contributed by atoms with Crippen LogP contribution in [0.4, 0.5) is 0 Å². The van der Waals surface area contributed by atoms with Gasteiger partial charge in [-0.15, -0.1) is 0 Å². The second kappa shape index (κ2) is 7.18. The third-order valence-corrected chi connectivity index (χ3v) is 39.6. The van der Waals surface area contributed by atoms with E-state index in [2.05, 4.69) is 101 Å². The predicted octanol–water partition coefficient (Wildman–Crippen LogP) is 9.05. The third-order valence-electron chi connectivity index (χ3n) is 5.99. The van der Waals surface area contributed by atoms with Crippen molar-refractivity contribution in [3.05, 3.63) is 78.7 Å². The second-order valence-electron chi connectivity index (χ2n) is 7.53. The van der Waals surface area contributed by atoms with Crippen LogP contribution in [0.2, 0.25) is 0 Å². The number of hydrogen-bond donors (Lipinski definition) is 0. The Balaban J connectivity index is 1.97. The van der Waals surface area contributed by atoms with Crippen LogP contribution in [0.1, 0.15) is 43.4 Å². The monoisotopic (exact) mass is 621 g/mol. The van der Waals surface area contributed by atoms with Crippen LogP contribution in [-0.2, 0) is 15.8 Å². The molecule has 0 saturated heterocycles. The van der Waals surface area contributed by atoms with Gasteiger partial charge in [0.05, 0.1) is 0 Å². The van der Waals surface area contributed by atoms with Crippen molar-refractivity contribution in [2.45, 2.75) is 21.1 Å². The van der Waals surface area contributed by atoms with E-state index in [4.69, 9.17) is 17.0 Å². The van der Waals surface area contributed by atoms with Crippen molar-refractivity contribution < 1.29 is 15.8 Å². The molecular formula is C21H20Br2Cl2PZr. The average molecular weight is 625 g/mol. The zero-order valence-corrected chi connectivity index (χ0v) is 23.4. The zero-order chi connectivity index (χ0) is 19.6. The van der Waals surface area contributed by atoms with Crippen LogP contribution in [0.15, 0.2) is 56.5 Å². The summed E-state index contributed by atoms with van der Waals surface area (Å²) < 4.78 is 2.52. The Bertz CT molecular complexity index is 951. The Morgan fingerprint density at radius 1 is 0.815 bits per heavy atom. The van der Waals surface area contributed by atoms with E-state index in [0.29, 0.717) is 5.87 Å². The molecule has 0 amide bonds. The molecule has 0 aromatic heterocycles. The molecule has 0 spiro atoms. The van der Waals surface area contributed by atoms with Crippen LogP contribution >= 0.6 is 54.8 Å². The van der Waals surface area contributed by atoms with Gasteiger partial charge in [-0.05, 0) is 0 Å². The van der Waals surface area contributed by atoms with Crippen LogP contribution in [-0.4, -0.2) is 6.66 Å². The van der Waals surface area contributed by atoms with Gasteiger partial charge in [0, 0.05) is 0 Å². The van der Waals surface area contributed by atoms with E-state index in [1.54, 1.807) is 0 Å². The van der Waals surface area contributed by atoms with E-state index in [1.165, 1.54) is 33.4 Å². The maximum atomic E-state index is 7.82. The second-order valence-corrected chi connectivity index (χ2v) is 42.8. The molecule has 3 atom stereocenters. The van der Waals surface area contributed by atoms with E-state index >= 15 is 0 Å². The fourth-order valence-electron chi connectivity index (χ4n) is 4.89. The molecular weight excluding hydrogens is 605 g/mol. The fourth-order valence-corrected chi connectivity index (χ4v) is 31.5. The predicted molar refractivity (Wildman–Crippen MR) is 127 cm³/mol. The average Bonchev–Trinajstić information content (AvgIpc) is 3.14. The Hall–Kier alpha value is 0.773. The summed E-state index contributed by atoms with van der Waals surface area (Å²) in [5.74, 6) is 0.541. The van der Waals surface area contributed by atoms with E-state index in [9.17, 15) is 0 Å². The Labute approximate surface area is 187 Å². The molecule has 3 unspecified atom stereocenters. The molecule has 4 rings (SSSR count). The van der Waals surface area contributed by atoms with E-state index < -0.39 is 15.8 Å². The normalized spacial score (nSPS) is 23.0. The summed E-state index contributed by atoms with van der Waals surface area (Å²) in [6, 6.07) is 12.8. The molecule has 6 heteroatoms. The van der Waals surface area contributed by atoms with Gasteiger partial charge in [0.25, 0.3) is 0 Å². The van der Waals surface area contributed by atoms with Crippen molar-refractivity contribution in [2.24, 2.45) is 0 Å². The van der Waals surface area contributed by atoms with Gasteiger partial charge in [-0.3, -0.25) is 0 Å². The molecule has 0 radical (unpaired) electrons. The first-order chi connectivity index (χ1) is 12.7. The molecule has 141 valence electrons. The number of rotatable bonds is 3. The van der Waals surface area contributed by atoms with Gasteiger partial charge in [0.2, 0.25) is 0 Å². The summed E-state index contributed by atoms with van der Waals surface area (Å²) in [6.45, 7) is 6.62. The summed E-state index contributed by atoms with van der Waals surface area (Å²) in [4.78, 5) is 0. The van der Waals surface area contributed by atoms with E-state index in [1.807, 2.05) is 0 Å². The third kappa shape index (κ3) is 3.10. The van der Waals surface area contributed by atoms with Crippen LogP contribution < -0.4 is 0 Å². The summed E-state index contributed by atoms with van der Waals surface area (Å²) in [6.07, 6.45) is 4.55. The number of halogens is 4. The van der Waals surface area contributed by atoms with E-state index in [-0.39, 0.29) is 7.25 Å². The van der Waals surface area contributed by atoms with Crippen molar-refractivity contribution >= 4 is 66.9 Å². The molecule has 0 bridgehead atoms. The number of fused-ring (bicyclic) bond motifs is 2. The Kier molecular flexibility index (Phi) is 5.59. The first-order valence-electron chi connectivity index (χ1n) is 8.88. The standard InChI is InChI=1S/2C10H8Br.CH4P.2ClH.Zr/c2*1-7-5-8-3-2-4-10(11)9(8)6-7;1-2;;;/h2*2-6H,1H3;2H,1H3;2*1H;/q;;-1;;;+3/p-2. The fraction of sp³-hybridized carbons (Fsp3) is 0.238. The first kappa shape index (κ1) is 21.0.